The van der Waals surface area contributed by atoms with Gasteiger partial charge in [-0.15, -0.1) is 0 Å². The van der Waals surface area contributed by atoms with Gasteiger partial charge in [-0.1, -0.05) is 20.8 Å². The van der Waals surface area contributed by atoms with Crippen LogP contribution in [0.3, 0.4) is 0 Å². The number of halogens is 2. The van der Waals surface area contributed by atoms with Gasteiger partial charge in [-0.3, -0.25) is 0 Å². The third-order valence-electron chi connectivity index (χ3n) is 2.50. The van der Waals surface area contributed by atoms with E-state index in [1.807, 2.05) is 20.8 Å². The molecular formula is C14H15F2N3O. The van der Waals surface area contributed by atoms with E-state index in [0.717, 1.165) is 12.1 Å². The van der Waals surface area contributed by atoms with Crippen molar-refractivity contribution in [3.8, 4) is 11.6 Å². The largest absolute Gasteiger partial charge is 0.436 e. The van der Waals surface area contributed by atoms with Crippen LogP contribution in [0, 0.1) is 11.6 Å². The maximum atomic E-state index is 13.5. The molecule has 0 spiro atoms. The number of hydrogen-bond donors (Lipinski definition) is 1. The number of nitrogen functional groups attached to an aromatic ring is 1. The van der Waals surface area contributed by atoms with Gasteiger partial charge >= 0.3 is 0 Å². The minimum Gasteiger partial charge on any atom is -0.436 e. The second-order valence-corrected chi connectivity index (χ2v) is 5.38. The van der Waals surface area contributed by atoms with E-state index < -0.39 is 11.6 Å². The zero-order valence-corrected chi connectivity index (χ0v) is 11.4. The molecule has 106 valence electrons. The first kappa shape index (κ1) is 14.2. The van der Waals surface area contributed by atoms with Crippen LogP contribution in [-0.2, 0) is 5.41 Å². The monoisotopic (exact) mass is 279 g/mol. The number of nitrogens with two attached hydrogens (primary N) is 1. The second-order valence-electron chi connectivity index (χ2n) is 5.38. The van der Waals surface area contributed by atoms with Crippen LogP contribution in [0.4, 0.5) is 14.6 Å². The van der Waals surface area contributed by atoms with Crippen LogP contribution in [0.1, 0.15) is 26.6 Å². The van der Waals surface area contributed by atoms with Crippen LogP contribution in [0.15, 0.2) is 24.3 Å². The van der Waals surface area contributed by atoms with E-state index in [1.54, 1.807) is 0 Å². The summed E-state index contributed by atoms with van der Waals surface area (Å²) in [6, 6.07) is 4.43. The van der Waals surface area contributed by atoms with Gasteiger partial charge < -0.3 is 10.5 Å². The third kappa shape index (κ3) is 3.20. The van der Waals surface area contributed by atoms with Crippen LogP contribution < -0.4 is 10.5 Å². The molecule has 0 saturated heterocycles. The molecule has 0 unspecified atom stereocenters. The lowest BCUT2D eigenvalue weighted by molar-refractivity contribution is 0.415. The highest BCUT2D eigenvalue weighted by Crippen LogP contribution is 2.27. The number of benzene rings is 1. The van der Waals surface area contributed by atoms with E-state index in [2.05, 4.69) is 9.97 Å². The first-order chi connectivity index (χ1) is 9.25. The van der Waals surface area contributed by atoms with Crippen molar-refractivity contribution in [2.75, 3.05) is 5.73 Å². The number of aromatic nitrogens is 2. The van der Waals surface area contributed by atoms with Crippen LogP contribution in [-0.4, -0.2) is 9.97 Å². The molecule has 0 radical (unpaired) electrons. The first-order valence-electron chi connectivity index (χ1n) is 6.03. The molecule has 0 amide bonds. The van der Waals surface area contributed by atoms with Crippen molar-refractivity contribution in [3.63, 3.8) is 0 Å². The SMILES string of the molecule is CC(C)(C)c1nc(N)cc(Oc2ccc(F)cc2F)n1. The molecule has 1 heterocycles. The third-order valence-corrected chi connectivity index (χ3v) is 2.50. The van der Waals surface area contributed by atoms with Gasteiger partial charge in [0.1, 0.15) is 17.5 Å². The van der Waals surface area contributed by atoms with Gasteiger partial charge in [0, 0.05) is 17.5 Å². The Hall–Kier alpha value is -2.24. The molecule has 2 N–H and O–H groups in total. The van der Waals surface area contributed by atoms with E-state index in [-0.39, 0.29) is 22.9 Å². The highest BCUT2D eigenvalue weighted by molar-refractivity contribution is 5.37. The van der Waals surface area contributed by atoms with E-state index in [4.69, 9.17) is 10.5 Å². The van der Waals surface area contributed by atoms with Gasteiger partial charge in [-0.25, -0.2) is 13.8 Å². The maximum absolute atomic E-state index is 13.5. The lowest BCUT2D eigenvalue weighted by Gasteiger charge is -2.17. The van der Waals surface area contributed by atoms with Crippen LogP contribution in [0.25, 0.3) is 0 Å². The highest BCUT2D eigenvalue weighted by Gasteiger charge is 2.19. The molecule has 20 heavy (non-hydrogen) atoms. The molecule has 0 bridgehead atoms. The van der Waals surface area contributed by atoms with Gasteiger partial charge in [-0.05, 0) is 12.1 Å². The topological polar surface area (TPSA) is 61.0 Å². The van der Waals surface area contributed by atoms with E-state index in [0.29, 0.717) is 5.82 Å². The molecule has 1 aromatic carbocycles. The fourth-order valence-electron chi connectivity index (χ4n) is 1.50. The summed E-state index contributed by atoms with van der Waals surface area (Å²) in [5, 5.41) is 0. The summed E-state index contributed by atoms with van der Waals surface area (Å²) < 4.78 is 31.7. The minimum atomic E-state index is -0.806. The molecule has 0 atom stereocenters. The van der Waals surface area contributed by atoms with Crippen molar-refractivity contribution < 1.29 is 13.5 Å². The molecule has 2 rings (SSSR count). The standard InChI is InChI=1S/C14H15F2N3O/c1-14(2,3)13-18-11(17)7-12(19-13)20-10-5-4-8(15)6-9(10)16/h4-7H,1-3H3,(H2,17,18,19). The number of anilines is 1. The van der Waals surface area contributed by atoms with E-state index in [9.17, 15) is 8.78 Å². The Morgan fingerprint density at radius 3 is 2.40 bits per heavy atom. The van der Waals surface area contributed by atoms with Crippen molar-refractivity contribution in [1.29, 1.82) is 0 Å². The summed E-state index contributed by atoms with van der Waals surface area (Å²) in [4.78, 5) is 8.31. The number of ether oxygens (including phenoxy) is 1. The zero-order chi connectivity index (χ0) is 14.9. The van der Waals surface area contributed by atoms with Gasteiger partial charge in [0.2, 0.25) is 5.88 Å². The van der Waals surface area contributed by atoms with Crippen LogP contribution in [0.5, 0.6) is 11.6 Å². The summed E-state index contributed by atoms with van der Waals surface area (Å²) in [5.41, 5.74) is 5.36. The molecule has 0 aliphatic carbocycles. The van der Waals surface area contributed by atoms with Crippen molar-refractivity contribution in [2.45, 2.75) is 26.2 Å². The zero-order valence-electron chi connectivity index (χ0n) is 11.4. The highest BCUT2D eigenvalue weighted by atomic mass is 19.1. The minimum absolute atomic E-state index is 0.118. The smallest absolute Gasteiger partial charge is 0.224 e. The maximum Gasteiger partial charge on any atom is 0.224 e. The van der Waals surface area contributed by atoms with Gasteiger partial charge in [0.25, 0.3) is 0 Å². The Balaban J connectivity index is 2.36. The molecule has 0 aliphatic rings. The van der Waals surface area contributed by atoms with Crippen molar-refractivity contribution in [3.05, 3.63) is 41.7 Å². The van der Waals surface area contributed by atoms with Gasteiger partial charge in [0.15, 0.2) is 11.6 Å². The average Bonchev–Trinajstić information content (AvgIpc) is 2.31. The molecule has 2 aromatic rings. The molecule has 0 saturated carbocycles. The van der Waals surface area contributed by atoms with E-state index >= 15 is 0 Å². The predicted octanol–water partition coefficient (Wildman–Crippen LogP) is 3.43. The fourth-order valence-corrected chi connectivity index (χ4v) is 1.50. The summed E-state index contributed by atoms with van der Waals surface area (Å²) >= 11 is 0. The molecule has 6 heteroatoms. The molecular weight excluding hydrogens is 264 g/mol. The Morgan fingerprint density at radius 2 is 1.80 bits per heavy atom. The van der Waals surface area contributed by atoms with Crippen LogP contribution >= 0.6 is 0 Å². The Bertz CT molecular complexity index is 639. The quantitative estimate of drug-likeness (QED) is 0.915. The Morgan fingerprint density at radius 1 is 1.10 bits per heavy atom. The Labute approximate surface area is 115 Å². The van der Waals surface area contributed by atoms with E-state index in [1.165, 1.54) is 12.1 Å². The number of nitrogens with zero attached hydrogens (tertiary/aromatic N) is 2. The summed E-state index contributed by atoms with van der Waals surface area (Å²) in [5.74, 6) is -0.776. The average molecular weight is 279 g/mol. The van der Waals surface area contributed by atoms with Gasteiger partial charge in [-0.2, -0.15) is 4.98 Å². The van der Waals surface area contributed by atoms with Crippen molar-refractivity contribution in [1.82, 2.24) is 9.97 Å². The fraction of sp³-hybridized carbons (Fsp3) is 0.286. The summed E-state index contributed by atoms with van der Waals surface area (Å²) in [6.45, 7) is 5.76. The van der Waals surface area contributed by atoms with Crippen LogP contribution in [0.2, 0.25) is 0 Å². The predicted molar refractivity (Wildman–Crippen MR) is 71.6 cm³/mol. The number of hydrogen-bond acceptors (Lipinski definition) is 4. The number of rotatable bonds is 2. The Kier molecular flexibility index (Phi) is 3.57. The molecule has 4 nitrogen and oxygen atoms in total. The second kappa shape index (κ2) is 5.03. The van der Waals surface area contributed by atoms with Crippen molar-refractivity contribution >= 4 is 5.82 Å². The molecule has 1 aromatic heterocycles. The lowest BCUT2D eigenvalue weighted by atomic mass is 9.96. The first-order valence-corrected chi connectivity index (χ1v) is 6.03. The normalized spacial score (nSPS) is 11.4. The molecule has 0 aliphatic heterocycles. The molecule has 0 fully saturated rings. The summed E-state index contributed by atoms with van der Waals surface area (Å²) in [7, 11) is 0. The van der Waals surface area contributed by atoms with Gasteiger partial charge in [0.05, 0.1) is 0 Å². The summed E-state index contributed by atoms with van der Waals surface area (Å²) in [6.07, 6.45) is 0. The lowest BCUT2D eigenvalue weighted by Crippen LogP contribution is -2.17. The van der Waals surface area contributed by atoms with Crippen molar-refractivity contribution in [2.24, 2.45) is 0 Å².